The lowest BCUT2D eigenvalue weighted by Gasteiger charge is -2.33. The number of aromatic nitrogens is 4. The molecule has 0 saturated carbocycles. The van der Waals surface area contributed by atoms with Gasteiger partial charge in [0.15, 0.2) is 0 Å². The molecule has 0 radical (unpaired) electrons. The first-order valence-corrected chi connectivity index (χ1v) is 13.0. The second kappa shape index (κ2) is 10.7. The summed E-state index contributed by atoms with van der Waals surface area (Å²) in [6.45, 7) is 8.07. The SMILES string of the molecule is CC(C)(C)OC(=O)N1CCC(c2[nH]nc(-c3ccc(Cl)cc3)c2-c2ccnc(O[C@@H]3CCOC3)n2)CC1. The Morgan fingerprint density at radius 3 is 2.57 bits per heavy atom. The van der Waals surface area contributed by atoms with Crippen molar-refractivity contribution in [2.45, 2.75) is 57.7 Å². The minimum absolute atomic E-state index is 0.0491. The number of nitrogens with one attached hydrogen (secondary N) is 1. The molecule has 0 unspecified atom stereocenters. The predicted molar refractivity (Wildman–Crippen MR) is 140 cm³/mol. The molecule has 5 rings (SSSR count). The van der Waals surface area contributed by atoms with Gasteiger partial charge in [0.1, 0.15) is 17.4 Å². The third kappa shape index (κ3) is 6.05. The molecule has 1 atom stereocenters. The lowest BCUT2D eigenvalue weighted by atomic mass is 9.89. The molecular weight excluding hydrogens is 494 g/mol. The first kappa shape index (κ1) is 25.5. The van der Waals surface area contributed by atoms with E-state index in [4.69, 9.17) is 35.9 Å². The Morgan fingerprint density at radius 2 is 1.89 bits per heavy atom. The monoisotopic (exact) mass is 525 g/mol. The number of ether oxygens (including phenoxy) is 3. The number of hydrogen-bond donors (Lipinski definition) is 1. The van der Waals surface area contributed by atoms with E-state index in [-0.39, 0.29) is 18.1 Å². The molecule has 1 aromatic carbocycles. The van der Waals surface area contributed by atoms with E-state index < -0.39 is 5.60 Å². The van der Waals surface area contributed by atoms with Crippen LogP contribution in [0.5, 0.6) is 6.01 Å². The van der Waals surface area contributed by atoms with E-state index in [2.05, 4.69) is 10.1 Å². The lowest BCUT2D eigenvalue weighted by Crippen LogP contribution is -2.41. The van der Waals surface area contributed by atoms with Crippen LogP contribution in [0.4, 0.5) is 4.79 Å². The molecule has 9 nitrogen and oxygen atoms in total. The third-order valence-corrected chi connectivity index (χ3v) is 6.77. The normalized spacial score (nSPS) is 18.7. The lowest BCUT2D eigenvalue weighted by molar-refractivity contribution is 0.0204. The Bertz CT molecular complexity index is 1230. The van der Waals surface area contributed by atoms with Crippen molar-refractivity contribution in [3.05, 3.63) is 47.2 Å². The van der Waals surface area contributed by atoms with Crippen LogP contribution < -0.4 is 4.74 Å². The van der Waals surface area contributed by atoms with Gasteiger partial charge in [0, 0.05) is 53.5 Å². The molecule has 4 heterocycles. The summed E-state index contributed by atoms with van der Waals surface area (Å²) in [4.78, 5) is 23.4. The Hall–Kier alpha value is -3.17. The van der Waals surface area contributed by atoms with Crippen LogP contribution >= 0.6 is 11.6 Å². The van der Waals surface area contributed by atoms with Crippen LogP contribution in [0, 0.1) is 0 Å². The van der Waals surface area contributed by atoms with Crippen LogP contribution in [0.2, 0.25) is 5.02 Å². The van der Waals surface area contributed by atoms with Gasteiger partial charge < -0.3 is 19.1 Å². The minimum atomic E-state index is -0.518. The number of amides is 1. The van der Waals surface area contributed by atoms with Crippen molar-refractivity contribution in [2.75, 3.05) is 26.3 Å². The van der Waals surface area contributed by atoms with Gasteiger partial charge in [-0.05, 0) is 51.8 Å². The molecular formula is C27H32ClN5O4. The molecule has 1 N–H and O–H groups in total. The van der Waals surface area contributed by atoms with E-state index in [0.717, 1.165) is 47.5 Å². The summed E-state index contributed by atoms with van der Waals surface area (Å²) in [5.41, 5.74) is 3.83. The number of aromatic amines is 1. The highest BCUT2D eigenvalue weighted by molar-refractivity contribution is 6.30. The smallest absolute Gasteiger partial charge is 0.410 e. The van der Waals surface area contributed by atoms with Gasteiger partial charge in [-0.3, -0.25) is 5.10 Å². The van der Waals surface area contributed by atoms with Gasteiger partial charge >= 0.3 is 12.1 Å². The highest BCUT2D eigenvalue weighted by Crippen LogP contribution is 2.40. The van der Waals surface area contributed by atoms with Crippen LogP contribution in [0.1, 0.15) is 51.6 Å². The van der Waals surface area contributed by atoms with Crippen molar-refractivity contribution in [3.63, 3.8) is 0 Å². The molecule has 0 aliphatic carbocycles. The molecule has 10 heteroatoms. The van der Waals surface area contributed by atoms with Gasteiger partial charge in [-0.25, -0.2) is 9.78 Å². The Kier molecular flexibility index (Phi) is 7.35. The minimum Gasteiger partial charge on any atom is -0.458 e. The van der Waals surface area contributed by atoms with Crippen molar-refractivity contribution in [1.82, 2.24) is 25.1 Å². The highest BCUT2D eigenvalue weighted by atomic mass is 35.5. The maximum absolute atomic E-state index is 12.6. The molecule has 37 heavy (non-hydrogen) atoms. The second-order valence-electron chi connectivity index (χ2n) is 10.4. The topological polar surface area (TPSA) is 102 Å². The van der Waals surface area contributed by atoms with Crippen molar-refractivity contribution < 1.29 is 19.0 Å². The fourth-order valence-electron chi connectivity index (χ4n) is 4.70. The summed E-state index contributed by atoms with van der Waals surface area (Å²) in [6, 6.07) is 9.80. The molecule has 1 amide bonds. The summed E-state index contributed by atoms with van der Waals surface area (Å²) in [7, 11) is 0. The summed E-state index contributed by atoms with van der Waals surface area (Å²) in [6.07, 6.45) is 3.76. The maximum atomic E-state index is 12.6. The molecule has 0 spiro atoms. The number of benzene rings is 1. The summed E-state index contributed by atoms with van der Waals surface area (Å²) in [5, 5.41) is 8.66. The standard InChI is InChI=1S/C27H32ClN5O4/c1-27(2,3)37-26(34)33-13-9-18(10-14-33)24-22(23(31-32-24)17-4-6-19(28)7-5-17)21-8-12-29-25(30-21)36-20-11-15-35-16-20/h4-8,12,18,20H,9-11,13-16H2,1-3H3,(H,31,32)/t20-/m1/s1. The molecule has 2 fully saturated rings. The average molecular weight is 526 g/mol. The first-order chi connectivity index (χ1) is 17.8. The summed E-state index contributed by atoms with van der Waals surface area (Å²) < 4.78 is 17.0. The van der Waals surface area contributed by atoms with Crippen molar-refractivity contribution in [3.8, 4) is 28.5 Å². The summed E-state index contributed by atoms with van der Waals surface area (Å²) >= 11 is 6.15. The zero-order valence-electron chi connectivity index (χ0n) is 21.4. The van der Waals surface area contributed by atoms with Crippen molar-refractivity contribution in [1.29, 1.82) is 0 Å². The van der Waals surface area contributed by atoms with Crippen molar-refractivity contribution >= 4 is 17.7 Å². The number of nitrogens with zero attached hydrogens (tertiary/aromatic N) is 4. The largest absolute Gasteiger partial charge is 0.458 e. The van der Waals surface area contributed by atoms with E-state index in [1.54, 1.807) is 11.1 Å². The molecule has 0 bridgehead atoms. The van der Waals surface area contributed by atoms with E-state index in [0.29, 0.717) is 37.3 Å². The van der Waals surface area contributed by atoms with Gasteiger partial charge in [-0.15, -0.1) is 0 Å². The Labute approximate surface area is 221 Å². The molecule has 2 aromatic heterocycles. The fraction of sp³-hybridized carbons (Fsp3) is 0.481. The van der Waals surface area contributed by atoms with E-state index in [1.165, 1.54) is 0 Å². The molecule has 2 saturated heterocycles. The number of piperidine rings is 1. The number of rotatable bonds is 5. The number of carbonyl (C=O) groups excluding carboxylic acids is 1. The first-order valence-electron chi connectivity index (χ1n) is 12.7. The van der Waals surface area contributed by atoms with Crippen LogP contribution in [0.3, 0.4) is 0 Å². The number of carbonyl (C=O) groups is 1. The van der Waals surface area contributed by atoms with Gasteiger partial charge in [-0.2, -0.15) is 10.1 Å². The molecule has 196 valence electrons. The van der Waals surface area contributed by atoms with Gasteiger partial charge in [0.2, 0.25) is 0 Å². The summed E-state index contributed by atoms with van der Waals surface area (Å²) in [5.74, 6) is 0.171. The van der Waals surface area contributed by atoms with Crippen molar-refractivity contribution in [2.24, 2.45) is 0 Å². The molecule has 2 aliphatic heterocycles. The van der Waals surface area contributed by atoms with Crippen LogP contribution in [-0.2, 0) is 9.47 Å². The number of H-pyrrole nitrogens is 1. The fourth-order valence-corrected chi connectivity index (χ4v) is 4.82. The Balaban J connectivity index is 1.44. The Morgan fingerprint density at radius 1 is 1.14 bits per heavy atom. The zero-order valence-corrected chi connectivity index (χ0v) is 22.1. The van der Waals surface area contributed by atoms with E-state index in [9.17, 15) is 4.79 Å². The second-order valence-corrected chi connectivity index (χ2v) is 10.9. The van der Waals surface area contributed by atoms with E-state index >= 15 is 0 Å². The van der Waals surface area contributed by atoms with Crippen LogP contribution in [-0.4, -0.2) is 69.2 Å². The van der Waals surface area contributed by atoms with Crippen LogP contribution in [0.25, 0.3) is 22.5 Å². The van der Waals surface area contributed by atoms with Gasteiger partial charge in [-0.1, -0.05) is 23.7 Å². The van der Waals surface area contributed by atoms with Crippen LogP contribution in [0.15, 0.2) is 36.5 Å². The number of halogens is 1. The van der Waals surface area contributed by atoms with Gasteiger partial charge in [0.05, 0.1) is 18.9 Å². The molecule has 3 aromatic rings. The average Bonchev–Trinajstić information content (AvgIpc) is 3.54. The van der Waals surface area contributed by atoms with E-state index in [1.807, 2.05) is 51.1 Å². The number of likely N-dealkylation sites (tertiary alicyclic amines) is 1. The molecule has 2 aliphatic rings. The van der Waals surface area contributed by atoms with Gasteiger partial charge in [0.25, 0.3) is 0 Å². The third-order valence-electron chi connectivity index (χ3n) is 6.52. The quantitative estimate of drug-likeness (QED) is 0.471. The number of hydrogen-bond acceptors (Lipinski definition) is 7. The highest BCUT2D eigenvalue weighted by Gasteiger charge is 2.31. The maximum Gasteiger partial charge on any atom is 0.410 e. The predicted octanol–water partition coefficient (Wildman–Crippen LogP) is 5.47. The zero-order chi connectivity index (χ0) is 26.0.